The zero-order valence-electron chi connectivity index (χ0n) is 14.5. The topological polar surface area (TPSA) is 24.5 Å². The molecule has 0 amide bonds. The Morgan fingerprint density at radius 2 is 1.61 bits per heavy atom. The maximum absolute atomic E-state index is 14.5. The normalized spacial score (nSPS) is 15.9. The summed E-state index contributed by atoms with van der Waals surface area (Å²) in [6.07, 6.45) is -4.75. The third kappa shape index (κ3) is 6.39. The molecule has 0 spiro atoms. The summed E-state index contributed by atoms with van der Waals surface area (Å²) in [5.41, 5.74) is 1.06. The van der Waals surface area contributed by atoms with Gasteiger partial charge in [-0.3, -0.25) is 4.90 Å². The Bertz CT molecular complexity index is 753. The van der Waals surface area contributed by atoms with Crippen molar-refractivity contribution in [3.05, 3.63) is 64.4 Å². The summed E-state index contributed by atoms with van der Waals surface area (Å²) in [5, 5.41) is 3.63. The van der Waals surface area contributed by atoms with Crippen molar-refractivity contribution in [1.29, 1.82) is 0 Å². The van der Waals surface area contributed by atoms with Crippen molar-refractivity contribution in [2.45, 2.75) is 12.4 Å². The van der Waals surface area contributed by atoms with E-state index in [0.717, 1.165) is 13.1 Å². The molecule has 1 heterocycles. The van der Waals surface area contributed by atoms with Crippen LogP contribution in [0, 0.1) is 5.82 Å². The first kappa shape index (κ1) is 24.8. The molecule has 10 heteroatoms. The van der Waals surface area contributed by atoms with E-state index in [9.17, 15) is 17.6 Å². The Balaban J connectivity index is 0.00000196. The smallest absolute Gasteiger partial charge is 0.406 e. The van der Waals surface area contributed by atoms with E-state index in [1.54, 1.807) is 6.07 Å². The summed E-state index contributed by atoms with van der Waals surface area (Å²) in [6.45, 7) is 2.84. The summed E-state index contributed by atoms with van der Waals surface area (Å²) in [6, 6.07) is 9.40. The molecule has 0 unspecified atom stereocenters. The highest BCUT2D eigenvalue weighted by Crippen LogP contribution is 2.34. The molecule has 28 heavy (non-hydrogen) atoms. The van der Waals surface area contributed by atoms with E-state index in [4.69, 9.17) is 11.6 Å². The number of ether oxygens (including phenoxy) is 1. The quantitative estimate of drug-likeness (QED) is 0.632. The van der Waals surface area contributed by atoms with Crippen LogP contribution in [0.5, 0.6) is 5.75 Å². The molecule has 1 atom stereocenters. The average molecular weight is 462 g/mol. The maximum Gasteiger partial charge on any atom is 0.573 e. The van der Waals surface area contributed by atoms with Crippen molar-refractivity contribution in [2.24, 2.45) is 0 Å². The lowest BCUT2D eigenvalue weighted by Crippen LogP contribution is -2.45. The Labute approximate surface area is 177 Å². The minimum absolute atomic E-state index is 0. The van der Waals surface area contributed by atoms with Crippen LogP contribution in [0.15, 0.2) is 42.5 Å². The molecule has 0 aromatic heterocycles. The lowest BCUT2D eigenvalue weighted by atomic mass is 9.96. The second-order valence-corrected chi connectivity index (χ2v) is 6.41. The lowest BCUT2D eigenvalue weighted by molar-refractivity contribution is -0.274. The Kier molecular flexibility index (Phi) is 9.30. The fraction of sp³-hybridized carbons (Fsp3) is 0.333. The third-order valence-corrected chi connectivity index (χ3v) is 4.43. The van der Waals surface area contributed by atoms with Crippen LogP contribution in [0.3, 0.4) is 0 Å². The van der Waals surface area contributed by atoms with E-state index in [2.05, 4.69) is 15.0 Å². The Morgan fingerprint density at radius 3 is 2.18 bits per heavy atom. The maximum atomic E-state index is 14.5. The number of hydrogen-bond acceptors (Lipinski definition) is 3. The zero-order valence-corrected chi connectivity index (χ0v) is 16.9. The highest BCUT2D eigenvalue weighted by Gasteiger charge is 2.31. The average Bonchev–Trinajstić information content (AvgIpc) is 2.59. The molecule has 1 aliphatic heterocycles. The van der Waals surface area contributed by atoms with Gasteiger partial charge in [-0.15, -0.1) is 38.0 Å². The summed E-state index contributed by atoms with van der Waals surface area (Å²) < 4.78 is 55.5. The van der Waals surface area contributed by atoms with E-state index in [1.807, 2.05) is 0 Å². The summed E-state index contributed by atoms with van der Waals surface area (Å²) in [4.78, 5) is 2.07. The molecular weight excluding hydrogens is 443 g/mol. The molecule has 1 saturated heterocycles. The number of benzene rings is 2. The summed E-state index contributed by atoms with van der Waals surface area (Å²) in [5.74, 6) is -0.722. The van der Waals surface area contributed by atoms with Gasteiger partial charge in [-0.2, -0.15) is 0 Å². The highest BCUT2D eigenvalue weighted by molar-refractivity contribution is 6.30. The van der Waals surface area contributed by atoms with Crippen LogP contribution in [-0.2, 0) is 0 Å². The summed E-state index contributed by atoms with van der Waals surface area (Å²) in [7, 11) is 0. The molecule has 1 N–H and O–H groups in total. The minimum Gasteiger partial charge on any atom is -0.406 e. The fourth-order valence-electron chi connectivity index (χ4n) is 3.10. The predicted molar refractivity (Wildman–Crippen MR) is 105 cm³/mol. The molecule has 156 valence electrons. The van der Waals surface area contributed by atoms with Crippen molar-refractivity contribution >= 4 is 36.4 Å². The van der Waals surface area contributed by atoms with Gasteiger partial charge in [0, 0.05) is 36.8 Å². The van der Waals surface area contributed by atoms with Crippen LogP contribution in [0.4, 0.5) is 17.6 Å². The third-order valence-electron chi connectivity index (χ3n) is 4.20. The molecule has 1 fully saturated rings. The number of piperazine rings is 1. The van der Waals surface area contributed by atoms with Gasteiger partial charge >= 0.3 is 6.36 Å². The van der Waals surface area contributed by atoms with Gasteiger partial charge in [-0.05, 0) is 35.9 Å². The Hall–Kier alpha value is -1.25. The van der Waals surface area contributed by atoms with Crippen LogP contribution in [0.25, 0.3) is 0 Å². The van der Waals surface area contributed by atoms with Crippen molar-refractivity contribution in [3.8, 4) is 5.75 Å². The zero-order chi connectivity index (χ0) is 18.7. The van der Waals surface area contributed by atoms with Gasteiger partial charge in [0.2, 0.25) is 0 Å². The van der Waals surface area contributed by atoms with Crippen LogP contribution in [0.2, 0.25) is 5.02 Å². The van der Waals surface area contributed by atoms with E-state index >= 15 is 0 Å². The first-order chi connectivity index (χ1) is 12.3. The van der Waals surface area contributed by atoms with E-state index in [0.29, 0.717) is 29.2 Å². The van der Waals surface area contributed by atoms with Crippen molar-refractivity contribution in [3.63, 3.8) is 0 Å². The number of hydrogen-bond donors (Lipinski definition) is 1. The number of alkyl halides is 3. The molecule has 2 aromatic carbocycles. The number of nitrogens with zero attached hydrogens (tertiary/aromatic N) is 1. The first-order valence-corrected chi connectivity index (χ1v) is 8.47. The molecular formula is C18H19Cl3F4N2O. The fourth-order valence-corrected chi connectivity index (χ4v) is 3.28. The molecule has 0 aliphatic carbocycles. The van der Waals surface area contributed by atoms with Crippen LogP contribution in [-0.4, -0.2) is 37.4 Å². The van der Waals surface area contributed by atoms with Crippen LogP contribution in [0.1, 0.15) is 17.2 Å². The van der Waals surface area contributed by atoms with Gasteiger partial charge in [0.25, 0.3) is 0 Å². The minimum atomic E-state index is -4.75. The molecule has 3 nitrogen and oxygen atoms in total. The SMILES string of the molecule is Cl.Cl.Fc1ccc(Cl)cc1[C@@H](c1ccc(OC(F)(F)F)cc1)N1CCNCC1. The van der Waals surface area contributed by atoms with Crippen molar-refractivity contribution in [2.75, 3.05) is 26.2 Å². The number of rotatable bonds is 4. The molecule has 2 aromatic rings. The standard InChI is InChI=1S/C18H17ClF4N2O.2ClH/c19-13-3-6-16(20)15(11-13)17(25-9-7-24-8-10-25)12-1-4-14(5-2-12)26-18(21,22)23;;/h1-6,11,17,24H,7-10H2;2*1H/t17-;;/m1../s1. The molecule has 1 aliphatic rings. The van der Waals surface area contributed by atoms with E-state index in [1.165, 1.54) is 36.4 Å². The van der Waals surface area contributed by atoms with Crippen molar-refractivity contribution < 1.29 is 22.3 Å². The molecule has 0 bridgehead atoms. The van der Waals surface area contributed by atoms with Crippen LogP contribution >= 0.6 is 36.4 Å². The van der Waals surface area contributed by atoms with Gasteiger partial charge in [0.15, 0.2) is 0 Å². The first-order valence-electron chi connectivity index (χ1n) is 8.09. The summed E-state index contributed by atoms with van der Waals surface area (Å²) >= 11 is 6.04. The number of nitrogens with one attached hydrogen (secondary N) is 1. The second-order valence-electron chi connectivity index (χ2n) is 5.97. The highest BCUT2D eigenvalue weighted by atomic mass is 35.5. The predicted octanol–water partition coefficient (Wildman–Crippen LogP) is 5.22. The largest absolute Gasteiger partial charge is 0.573 e. The van der Waals surface area contributed by atoms with Gasteiger partial charge in [-0.1, -0.05) is 23.7 Å². The monoisotopic (exact) mass is 460 g/mol. The molecule has 3 rings (SSSR count). The van der Waals surface area contributed by atoms with Crippen molar-refractivity contribution in [1.82, 2.24) is 10.2 Å². The van der Waals surface area contributed by atoms with Gasteiger partial charge in [0.05, 0.1) is 6.04 Å². The Morgan fingerprint density at radius 1 is 1.00 bits per heavy atom. The second kappa shape index (κ2) is 10.5. The van der Waals surface area contributed by atoms with Crippen LogP contribution < -0.4 is 10.1 Å². The van der Waals surface area contributed by atoms with E-state index < -0.39 is 18.2 Å². The van der Waals surface area contributed by atoms with Gasteiger partial charge in [0.1, 0.15) is 11.6 Å². The molecule has 0 saturated carbocycles. The van der Waals surface area contributed by atoms with E-state index in [-0.39, 0.29) is 30.6 Å². The lowest BCUT2D eigenvalue weighted by Gasteiger charge is -2.35. The van der Waals surface area contributed by atoms with Gasteiger partial charge < -0.3 is 10.1 Å². The van der Waals surface area contributed by atoms with Gasteiger partial charge in [-0.25, -0.2) is 4.39 Å². The molecule has 0 radical (unpaired) electrons. The number of halogens is 7.